The summed E-state index contributed by atoms with van der Waals surface area (Å²) in [6.45, 7) is 5.02. The Kier molecular flexibility index (Phi) is 3.71. The second kappa shape index (κ2) is 5.83. The zero-order valence-electron chi connectivity index (χ0n) is 12.2. The maximum absolute atomic E-state index is 5.86. The summed E-state index contributed by atoms with van der Waals surface area (Å²) in [6, 6.07) is 6.87. The van der Waals surface area contributed by atoms with Gasteiger partial charge in [0.1, 0.15) is 0 Å². The Labute approximate surface area is 125 Å². The van der Waals surface area contributed by atoms with Crippen LogP contribution in [0.5, 0.6) is 11.5 Å². The molecule has 5 heteroatoms. The number of hydrogen-bond donors (Lipinski definition) is 1. The second-order valence-electron chi connectivity index (χ2n) is 6.00. The number of morpholine rings is 1. The monoisotopic (exact) mass is 290 g/mol. The van der Waals surface area contributed by atoms with Gasteiger partial charge in [-0.1, -0.05) is 12.1 Å². The van der Waals surface area contributed by atoms with Gasteiger partial charge in [-0.2, -0.15) is 0 Å². The fourth-order valence-corrected chi connectivity index (χ4v) is 3.13. The molecule has 2 aliphatic heterocycles. The molecule has 5 nitrogen and oxygen atoms in total. The van der Waals surface area contributed by atoms with Gasteiger partial charge in [0.25, 0.3) is 0 Å². The van der Waals surface area contributed by atoms with E-state index in [0.717, 1.165) is 55.9 Å². The highest BCUT2D eigenvalue weighted by Gasteiger charge is 2.32. The lowest BCUT2D eigenvalue weighted by molar-refractivity contribution is -0.0301. The fourth-order valence-electron chi connectivity index (χ4n) is 3.13. The molecule has 1 aromatic carbocycles. The third-order valence-electron chi connectivity index (χ3n) is 4.40. The number of rotatable bonds is 5. The minimum Gasteiger partial charge on any atom is -0.454 e. The van der Waals surface area contributed by atoms with Crippen LogP contribution in [-0.4, -0.2) is 50.1 Å². The summed E-state index contributed by atoms with van der Waals surface area (Å²) in [5.41, 5.74) is 1.15. The summed E-state index contributed by atoms with van der Waals surface area (Å²) >= 11 is 0. The molecule has 0 radical (unpaired) electrons. The van der Waals surface area contributed by atoms with Gasteiger partial charge in [0.2, 0.25) is 6.79 Å². The molecular weight excluding hydrogens is 268 g/mol. The van der Waals surface area contributed by atoms with E-state index in [1.54, 1.807) is 0 Å². The lowest BCUT2D eigenvalue weighted by Gasteiger charge is -2.33. The predicted octanol–water partition coefficient (Wildman–Crippen LogP) is 1.37. The zero-order chi connectivity index (χ0) is 14.1. The third kappa shape index (κ3) is 3.00. The Morgan fingerprint density at radius 1 is 1.24 bits per heavy atom. The number of fused-ring (bicyclic) bond motifs is 1. The van der Waals surface area contributed by atoms with Gasteiger partial charge in [0.05, 0.1) is 12.7 Å². The first kappa shape index (κ1) is 13.4. The lowest BCUT2D eigenvalue weighted by atomic mass is 10.2. The van der Waals surface area contributed by atoms with Crippen molar-refractivity contribution >= 4 is 0 Å². The Bertz CT molecular complexity index is 504. The van der Waals surface area contributed by atoms with Crippen LogP contribution >= 0.6 is 0 Å². The molecule has 1 atom stereocenters. The standard InChI is InChI=1S/C16H22N2O3/c1-2-12(16-15(3-1)20-11-21-16)8-17-9-14-10-18(6-7-19-14)13-4-5-13/h1-3,13-14,17H,4-11H2/t14-/m0/s1. The molecule has 0 aromatic heterocycles. The van der Waals surface area contributed by atoms with Crippen molar-refractivity contribution in [3.8, 4) is 11.5 Å². The smallest absolute Gasteiger partial charge is 0.231 e. The zero-order valence-corrected chi connectivity index (χ0v) is 12.2. The van der Waals surface area contributed by atoms with Gasteiger partial charge in [0.15, 0.2) is 11.5 Å². The predicted molar refractivity (Wildman–Crippen MR) is 78.6 cm³/mol. The lowest BCUT2D eigenvalue weighted by Crippen LogP contribution is -2.47. The van der Waals surface area contributed by atoms with Crippen LogP contribution in [0.3, 0.4) is 0 Å². The van der Waals surface area contributed by atoms with Gasteiger partial charge in [0, 0.05) is 37.8 Å². The Morgan fingerprint density at radius 2 is 2.19 bits per heavy atom. The molecule has 1 aliphatic carbocycles. The van der Waals surface area contributed by atoms with Crippen LogP contribution in [-0.2, 0) is 11.3 Å². The summed E-state index contributed by atoms with van der Waals surface area (Å²) in [7, 11) is 0. The number of ether oxygens (including phenoxy) is 3. The molecule has 114 valence electrons. The van der Waals surface area contributed by atoms with Crippen molar-refractivity contribution < 1.29 is 14.2 Å². The molecule has 0 spiro atoms. The van der Waals surface area contributed by atoms with E-state index in [4.69, 9.17) is 14.2 Å². The molecule has 2 fully saturated rings. The molecule has 1 aromatic rings. The summed E-state index contributed by atoms with van der Waals surface area (Å²) in [5, 5.41) is 3.49. The van der Waals surface area contributed by atoms with E-state index < -0.39 is 0 Å². The number of nitrogens with one attached hydrogen (secondary N) is 1. The van der Waals surface area contributed by atoms with Crippen LogP contribution in [0.25, 0.3) is 0 Å². The van der Waals surface area contributed by atoms with Crippen molar-refractivity contribution in [1.82, 2.24) is 10.2 Å². The average molecular weight is 290 g/mol. The van der Waals surface area contributed by atoms with E-state index >= 15 is 0 Å². The topological polar surface area (TPSA) is 43.0 Å². The van der Waals surface area contributed by atoms with Crippen LogP contribution in [0.1, 0.15) is 18.4 Å². The SMILES string of the molecule is c1cc(CNC[C@H]2CN(C3CC3)CCO2)c2c(c1)OCO2. The molecule has 0 unspecified atom stereocenters. The molecule has 1 saturated heterocycles. The van der Waals surface area contributed by atoms with Crippen molar-refractivity contribution in [2.75, 3.05) is 33.0 Å². The van der Waals surface area contributed by atoms with E-state index in [1.807, 2.05) is 12.1 Å². The van der Waals surface area contributed by atoms with Crippen molar-refractivity contribution in [2.45, 2.75) is 31.5 Å². The Balaban J connectivity index is 1.28. The molecule has 3 aliphatic rings. The fraction of sp³-hybridized carbons (Fsp3) is 0.625. The van der Waals surface area contributed by atoms with Crippen LogP contribution < -0.4 is 14.8 Å². The summed E-state index contributed by atoms with van der Waals surface area (Å²) in [4.78, 5) is 2.58. The van der Waals surface area contributed by atoms with Crippen LogP contribution in [0.15, 0.2) is 18.2 Å². The number of nitrogens with zero attached hydrogens (tertiary/aromatic N) is 1. The summed E-state index contributed by atoms with van der Waals surface area (Å²) in [5.74, 6) is 1.73. The third-order valence-corrected chi connectivity index (χ3v) is 4.40. The van der Waals surface area contributed by atoms with Gasteiger partial charge in [-0.05, 0) is 18.9 Å². The maximum atomic E-state index is 5.86. The molecule has 2 heterocycles. The Hall–Kier alpha value is -1.30. The van der Waals surface area contributed by atoms with Gasteiger partial charge < -0.3 is 19.5 Å². The number of hydrogen-bond acceptors (Lipinski definition) is 5. The van der Waals surface area contributed by atoms with Crippen molar-refractivity contribution in [3.05, 3.63) is 23.8 Å². The van der Waals surface area contributed by atoms with Crippen molar-refractivity contribution in [1.29, 1.82) is 0 Å². The first-order chi connectivity index (χ1) is 10.4. The number of benzene rings is 1. The largest absolute Gasteiger partial charge is 0.454 e. The average Bonchev–Trinajstić information content (AvgIpc) is 3.25. The van der Waals surface area contributed by atoms with E-state index in [-0.39, 0.29) is 0 Å². The van der Waals surface area contributed by atoms with E-state index in [1.165, 1.54) is 12.8 Å². The van der Waals surface area contributed by atoms with E-state index in [2.05, 4.69) is 16.3 Å². The molecule has 1 saturated carbocycles. The highest BCUT2D eigenvalue weighted by atomic mass is 16.7. The minimum absolute atomic E-state index is 0.299. The highest BCUT2D eigenvalue weighted by molar-refractivity contribution is 5.48. The van der Waals surface area contributed by atoms with Crippen molar-refractivity contribution in [2.24, 2.45) is 0 Å². The normalized spacial score (nSPS) is 25.2. The minimum atomic E-state index is 0.299. The summed E-state index contributed by atoms with van der Waals surface area (Å²) in [6.07, 6.45) is 3.04. The van der Waals surface area contributed by atoms with Crippen LogP contribution in [0.4, 0.5) is 0 Å². The first-order valence-electron chi connectivity index (χ1n) is 7.84. The number of para-hydroxylation sites is 1. The molecule has 4 rings (SSSR count). The molecule has 1 N–H and O–H groups in total. The molecule has 21 heavy (non-hydrogen) atoms. The van der Waals surface area contributed by atoms with Gasteiger partial charge in [-0.3, -0.25) is 4.90 Å². The van der Waals surface area contributed by atoms with Gasteiger partial charge >= 0.3 is 0 Å². The van der Waals surface area contributed by atoms with Gasteiger partial charge in [-0.25, -0.2) is 0 Å². The van der Waals surface area contributed by atoms with E-state index in [0.29, 0.717) is 12.9 Å². The van der Waals surface area contributed by atoms with Gasteiger partial charge in [-0.15, -0.1) is 0 Å². The first-order valence-corrected chi connectivity index (χ1v) is 7.84. The molecule has 0 amide bonds. The van der Waals surface area contributed by atoms with Crippen molar-refractivity contribution in [3.63, 3.8) is 0 Å². The van der Waals surface area contributed by atoms with Crippen LogP contribution in [0.2, 0.25) is 0 Å². The molecule has 0 bridgehead atoms. The quantitative estimate of drug-likeness (QED) is 0.887. The highest BCUT2D eigenvalue weighted by Crippen LogP contribution is 2.35. The Morgan fingerprint density at radius 3 is 3.10 bits per heavy atom. The van der Waals surface area contributed by atoms with E-state index in [9.17, 15) is 0 Å². The second-order valence-corrected chi connectivity index (χ2v) is 6.00. The molecular formula is C16H22N2O3. The van der Waals surface area contributed by atoms with Crippen LogP contribution in [0, 0.1) is 0 Å². The summed E-state index contributed by atoms with van der Waals surface area (Å²) < 4.78 is 16.8. The maximum Gasteiger partial charge on any atom is 0.231 e.